The number of rotatable bonds is 9. The van der Waals surface area contributed by atoms with Crippen molar-refractivity contribution in [1.82, 2.24) is 5.32 Å². The number of aliphatic hydroxyl groups excluding tert-OH is 1. The second-order valence-electron chi connectivity index (χ2n) is 7.23. The van der Waals surface area contributed by atoms with Crippen LogP contribution in [0.15, 0.2) is 48.5 Å². The van der Waals surface area contributed by atoms with E-state index in [-0.39, 0.29) is 29.4 Å². The van der Waals surface area contributed by atoms with Crippen molar-refractivity contribution in [2.24, 2.45) is 5.92 Å². The minimum atomic E-state index is -0.991. The monoisotopic (exact) mass is 375 g/mol. The normalized spacial score (nSPS) is 12.4. The van der Waals surface area contributed by atoms with Gasteiger partial charge in [-0.3, -0.25) is 4.79 Å². The van der Waals surface area contributed by atoms with Gasteiger partial charge in [0, 0.05) is 12.5 Å². The maximum atomic E-state index is 13.2. The molecular formula is C22H27F2NO2. The highest BCUT2D eigenvalue weighted by atomic mass is 19.1. The lowest BCUT2D eigenvalue weighted by Gasteiger charge is -2.19. The highest BCUT2D eigenvalue weighted by Gasteiger charge is 2.17. The molecule has 0 spiro atoms. The van der Waals surface area contributed by atoms with Crippen LogP contribution >= 0.6 is 0 Å². The van der Waals surface area contributed by atoms with E-state index in [0.29, 0.717) is 25.8 Å². The van der Waals surface area contributed by atoms with Crippen molar-refractivity contribution in [3.63, 3.8) is 0 Å². The summed E-state index contributed by atoms with van der Waals surface area (Å²) >= 11 is 0. The molecule has 2 rings (SSSR count). The van der Waals surface area contributed by atoms with Crippen molar-refractivity contribution in [1.29, 1.82) is 0 Å². The Labute approximate surface area is 159 Å². The van der Waals surface area contributed by atoms with Gasteiger partial charge in [-0.25, -0.2) is 8.78 Å². The maximum Gasteiger partial charge on any atom is 0.248 e. The summed E-state index contributed by atoms with van der Waals surface area (Å²) in [5.41, 5.74) is 1.88. The number of benzene rings is 2. The highest BCUT2D eigenvalue weighted by Crippen LogP contribution is 2.29. The second kappa shape index (κ2) is 10.2. The minimum absolute atomic E-state index is 0.0244. The second-order valence-corrected chi connectivity index (χ2v) is 7.23. The molecule has 0 saturated heterocycles. The maximum absolute atomic E-state index is 13.2. The summed E-state index contributed by atoms with van der Waals surface area (Å²) in [5.74, 6) is -0.745. The molecule has 1 atom stereocenters. The first-order valence-corrected chi connectivity index (χ1v) is 9.33. The van der Waals surface area contributed by atoms with E-state index in [9.17, 15) is 18.7 Å². The smallest absolute Gasteiger partial charge is 0.248 e. The summed E-state index contributed by atoms with van der Waals surface area (Å²) in [6.07, 6.45) is 0.826. The van der Waals surface area contributed by atoms with E-state index in [0.717, 1.165) is 11.1 Å². The van der Waals surface area contributed by atoms with Gasteiger partial charge in [0.15, 0.2) is 0 Å². The molecule has 3 nitrogen and oxygen atoms in total. The Bertz CT molecular complexity index is 669. The van der Waals surface area contributed by atoms with Crippen molar-refractivity contribution >= 4 is 5.91 Å². The standard InChI is InChI=1S/C22H27F2NO2/c1-15(2)14-21(26)22(27)25-13-3-4-20(16-5-9-18(23)10-6-16)17-7-11-19(24)12-8-17/h5-12,15,20-21,26H,3-4,13-14H2,1-2H3,(H,25,27)/t21-/m0/s1. The summed E-state index contributed by atoms with van der Waals surface area (Å²) in [5, 5.41) is 12.6. The Morgan fingerprint density at radius 1 is 0.963 bits per heavy atom. The van der Waals surface area contributed by atoms with Crippen molar-refractivity contribution in [3.8, 4) is 0 Å². The summed E-state index contributed by atoms with van der Waals surface area (Å²) in [4.78, 5) is 11.9. The average Bonchev–Trinajstić information content (AvgIpc) is 2.63. The van der Waals surface area contributed by atoms with Gasteiger partial charge in [0.1, 0.15) is 17.7 Å². The fraction of sp³-hybridized carbons (Fsp3) is 0.409. The Balaban J connectivity index is 1.97. The number of carbonyl (C=O) groups excluding carboxylic acids is 1. The van der Waals surface area contributed by atoms with E-state index in [1.807, 2.05) is 13.8 Å². The molecule has 0 heterocycles. The van der Waals surface area contributed by atoms with Crippen LogP contribution in [0.5, 0.6) is 0 Å². The molecule has 0 unspecified atom stereocenters. The van der Waals surface area contributed by atoms with Crippen molar-refractivity contribution in [2.45, 2.75) is 45.1 Å². The van der Waals surface area contributed by atoms with Crippen LogP contribution in [0, 0.1) is 17.6 Å². The highest BCUT2D eigenvalue weighted by molar-refractivity contribution is 5.80. The average molecular weight is 375 g/mol. The summed E-state index contributed by atoms with van der Waals surface area (Å²) in [7, 11) is 0. The van der Waals surface area contributed by atoms with Crippen LogP contribution in [0.4, 0.5) is 8.78 Å². The van der Waals surface area contributed by atoms with Crippen LogP contribution in [-0.4, -0.2) is 23.7 Å². The molecule has 146 valence electrons. The van der Waals surface area contributed by atoms with Gasteiger partial charge in [0.25, 0.3) is 0 Å². The van der Waals surface area contributed by atoms with E-state index >= 15 is 0 Å². The van der Waals surface area contributed by atoms with E-state index in [4.69, 9.17) is 0 Å². The number of halogens is 2. The van der Waals surface area contributed by atoms with E-state index in [2.05, 4.69) is 5.32 Å². The van der Waals surface area contributed by atoms with Crippen LogP contribution < -0.4 is 5.32 Å². The van der Waals surface area contributed by atoms with Gasteiger partial charge in [-0.1, -0.05) is 38.1 Å². The SMILES string of the molecule is CC(C)C[C@H](O)C(=O)NCCCC(c1ccc(F)cc1)c1ccc(F)cc1. The quantitative estimate of drug-likeness (QED) is 0.638. The molecule has 0 bridgehead atoms. The molecular weight excluding hydrogens is 348 g/mol. The Kier molecular flexibility index (Phi) is 7.92. The number of nitrogens with one attached hydrogen (secondary N) is 1. The fourth-order valence-corrected chi connectivity index (χ4v) is 3.11. The molecule has 2 aromatic carbocycles. The zero-order chi connectivity index (χ0) is 19.8. The van der Waals surface area contributed by atoms with E-state index < -0.39 is 6.10 Å². The molecule has 0 radical (unpaired) electrons. The summed E-state index contributed by atoms with van der Waals surface area (Å²) in [6.45, 7) is 4.34. The molecule has 0 aliphatic rings. The lowest BCUT2D eigenvalue weighted by molar-refractivity contribution is -0.130. The van der Waals surface area contributed by atoms with Gasteiger partial charge in [-0.2, -0.15) is 0 Å². The first-order valence-electron chi connectivity index (χ1n) is 9.33. The van der Waals surface area contributed by atoms with Crippen LogP contribution in [0.3, 0.4) is 0 Å². The predicted molar refractivity (Wildman–Crippen MR) is 102 cm³/mol. The van der Waals surface area contributed by atoms with Gasteiger partial charge in [-0.15, -0.1) is 0 Å². The molecule has 0 aliphatic carbocycles. The fourth-order valence-electron chi connectivity index (χ4n) is 3.11. The first kappa shape index (κ1) is 21.0. The molecule has 0 fully saturated rings. The number of aliphatic hydroxyl groups is 1. The Hall–Kier alpha value is -2.27. The van der Waals surface area contributed by atoms with Gasteiger partial charge in [0.05, 0.1) is 0 Å². The number of amides is 1. The third-order valence-electron chi connectivity index (χ3n) is 4.51. The Morgan fingerprint density at radius 2 is 1.44 bits per heavy atom. The van der Waals surface area contributed by atoms with Gasteiger partial charge >= 0.3 is 0 Å². The molecule has 27 heavy (non-hydrogen) atoms. The van der Waals surface area contributed by atoms with Crippen LogP contribution in [0.1, 0.15) is 50.2 Å². The summed E-state index contributed by atoms with van der Waals surface area (Å²) < 4.78 is 26.5. The Morgan fingerprint density at radius 3 is 1.89 bits per heavy atom. The lowest BCUT2D eigenvalue weighted by atomic mass is 9.87. The zero-order valence-corrected chi connectivity index (χ0v) is 15.8. The van der Waals surface area contributed by atoms with E-state index in [1.165, 1.54) is 24.3 Å². The molecule has 1 amide bonds. The molecule has 0 saturated carbocycles. The number of carbonyl (C=O) groups is 1. The largest absolute Gasteiger partial charge is 0.383 e. The third kappa shape index (κ3) is 6.75. The van der Waals surface area contributed by atoms with Gasteiger partial charge in [-0.05, 0) is 60.6 Å². The molecule has 2 aromatic rings. The summed E-state index contributed by atoms with van der Waals surface area (Å²) in [6, 6.07) is 12.6. The molecule has 5 heteroatoms. The van der Waals surface area contributed by atoms with Gasteiger partial charge < -0.3 is 10.4 Å². The lowest BCUT2D eigenvalue weighted by Crippen LogP contribution is -2.36. The number of hydrogen-bond acceptors (Lipinski definition) is 2. The minimum Gasteiger partial charge on any atom is -0.383 e. The third-order valence-corrected chi connectivity index (χ3v) is 4.51. The zero-order valence-electron chi connectivity index (χ0n) is 15.8. The first-order chi connectivity index (χ1) is 12.9. The molecule has 0 aliphatic heterocycles. The molecule has 2 N–H and O–H groups in total. The number of hydrogen-bond donors (Lipinski definition) is 2. The van der Waals surface area contributed by atoms with Crippen molar-refractivity contribution in [2.75, 3.05) is 6.54 Å². The van der Waals surface area contributed by atoms with Crippen LogP contribution in [-0.2, 0) is 4.79 Å². The topological polar surface area (TPSA) is 49.3 Å². The van der Waals surface area contributed by atoms with Crippen molar-refractivity contribution in [3.05, 3.63) is 71.3 Å². The van der Waals surface area contributed by atoms with Crippen LogP contribution in [0.25, 0.3) is 0 Å². The predicted octanol–water partition coefficient (Wildman–Crippen LogP) is 4.40. The van der Waals surface area contributed by atoms with Gasteiger partial charge in [0.2, 0.25) is 5.91 Å². The van der Waals surface area contributed by atoms with Crippen LogP contribution in [0.2, 0.25) is 0 Å². The van der Waals surface area contributed by atoms with Crippen molar-refractivity contribution < 1.29 is 18.7 Å². The molecule has 0 aromatic heterocycles. The van der Waals surface area contributed by atoms with E-state index in [1.54, 1.807) is 24.3 Å².